The maximum Gasteiger partial charge on any atom is 0.387 e. The van der Waals surface area contributed by atoms with E-state index in [1.165, 1.54) is 40.7 Å². The molecular formula is C21H19F4NO6S. The Labute approximate surface area is 187 Å². The molecule has 3 rings (SSSR count). The topological polar surface area (TPSA) is 82.1 Å². The number of alkyl halides is 4. The van der Waals surface area contributed by atoms with E-state index in [9.17, 15) is 30.8 Å². The maximum atomic E-state index is 12.7. The Morgan fingerprint density at radius 2 is 1.61 bits per heavy atom. The van der Waals surface area contributed by atoms with Crippen LogP contribution in [-0.2, 0) is 14.8 Å². The standard InChI is InChI=1S/C21H19F4NO6S/c22-20(23)31-16-5-1-15(19(13-16)32-21(24)25)4-8-18(27)14-2-6-17(7-3-14)33(28,29)26-9-11-30-12-10-26/h1-8,13,20-21H,9-12H2/b8-4+. The number of ketones is 1. The highest BCUT2D eigenvalue weighted by molar-refractivity contribution is 7.89. The Morgan fingerprint density at radius 1 is 0.970 bits per heavy atom. The molecule has 1 heterocycles. The lowest BCUT2D eigenvalue weighted by Gasteiger charge is -2.26. The summed E-state index contributed by atoms with van der Waals surface area (Å²) in [6.45, 7) is -5.32. The second kappa shape index (κ2) is 10.8. The van der Waals surface area contributed by atoms with Crippen molar-refractivity contribution in [2.75, 3.05) is 26.3 Å². The Balaban J connectivity index is 1.76. The molecule has 0 atom stereocenters. The minimum atomic E-state index is -3.72. The van der Waals surface area contributed by atoms with Crippen LogP contribution in [-0.4, -0.2) is 58.0 Å². The van der Waals surface area contributed by atoms with Gasteiger partial charge in [0.15, 0.2) is 5.78 Å². The van der Waals surface area contributed by atoms with Gasteiger partial charge in [-0.3, -0.25) is 4.79 Å². The fourth-order valence-electron chi connectivity index (χ4n) is 3.02. The molecule has 1 saturated heterocycles. The summed E-state index contributed by atoms with van der Waals surface area (Å²) in [7, 11) is -3.72. The molecule has 33 heavy (non-hydrogen) atoms. The van der Waals surface area contributed by atoms with Gasteiger partial charge < -0.3 is 14.2 Å². The zero-order chi connectivity index (χ0) is 24.0. The first kappa shape index (κ1) is 24.7. The molecule has 0 aromatic heterocycles. The van der Waals surface area contributed by atoms with Gasteiger partial charge in [0.1, 0.15) is 11.5 Å². The van der Waals surface area contributed by atoms with Gasteiger partial charge in [-0.15, -0.1) is 0 Å². The van der Waals surface area contributed by atoms with Crippen LogP contribution in [0.3, 0.4) is 0 Å². The van der Waals surface area contributed by atoms with Crippen LogP contribution >= 0.6 is 0 Å². The van der Waals surface area contributed by atoms with Crippen LogP contribution in [0, 0.1) is 0 Å². The van der Waals surface area contributed by atoms with Crippen molar-refractivity contribution in [3.05, 3.63) is 59.7 Å². The molecular weight excluding hydrogens is 470 g/mol. The summed E-state index contributed by atoms with van der Waals surface area (Å²) >= 11 is 0. The minimum absolute atomic E-state index is 0.0205. The number of halogens is 4. The van der Waals surface area contributed by atoms with Gasteiger partial charge >= 0.3 is 13.2 Å². The number of ether oxygens (including phenoxy) is 3. The second-order valence-corrected chi connectivity index (χ2v) is 8.63. The number of hydrogen-bond donors (Lipinski definition) is 0. The summed E-state index contributed by atoms with van der Waals surface area (Å²) in [4.78, 5) is 12.5. The van der Waals surface area contributed by atoms with Crippen molar-refractivity contribution in [2.45, 2.75) is 18.1 Å². The third-order valence-corrected chi connectivity index (χ3v) is 6.50. The highest BCUT2D eigenvalue weighted by Crippen LogP contribution is 2.29. The largest absolute Gasteiger partial charge is 0.435 e. The number of hydrogen-bond acceptors (Lipinski definition) is 6. The van der Waals surface area contributed by atoms with Gasteiger partial charge in [0.05, 0.1) is 18.1 Å². The number of allylic oxidation sites excluding steroid dienone is 1. The third-order valence-electron chi connectivity index (χ3n) is 4.59. The molecule has 1 fully saturated rings. The van der Waals surface area contributed by atoms with Gasteiger partial charge in [0.2, 0.25) is 10.0 Å². The number of sulfonamides is 1. The molecule has 0 saturated carbocycles. The smallest absolute Gasteiger partial charge is 0.387 e. The average Bonchev–Trinajstić information content (AvgIpc) is 2.78. The van der Waals surface area contributed by atoms with E-state index in [1.807, 2.05) is 0 Å². The summed E-state index contributed by atoms with van der Waals surface area (Å²) in [5.74, 6) is -1.39. The monoisotopic (exact) mass is 489 g/mol. The Hall–Kier alpha value is -2.96. The Kier molecular flexibility index (Phi) is 8.06. The minimum Gasteiger partial charge on any atom is -0.435 e. The van der Waals surface area contributed by atoms with Crippen LogP contribution in [0.5, 0.6) is 11.5 Å². The van der Waals surface area contributed by atoms with Crippen molar-refractivity contribution < 1.29 is 45.0 Å². The van der Waals surface area contributed by atoms with Gasteiger partial charge in [-0.2, -0.15) is 21.9 Å². The lowest BCUT2D eigenvalue weighted by molar-refractivity contribution is -0.0543. The van der Waals surface area contributed by atoms with Crippen molar-refractivity contribution in [1.82, 2.24) is 4.31 Å². The summed E-state index contributed by atoms with van der Waals surface area (Å²) in [5, 5.41) is 0. The van der Waals surface area contributed by atoms with Crippen molar-refractivity contribution in [3.63, 3.8) is 0 Å². The molecule has 0 bridgehead atoms. The first-order valence-electron chi connectivity index (χ1n) is 9.61. The van der Waals surface area contributed by atoms with Gasteiger partial charge in [-0.25, -0.2) is 8.42 Å². The molecule has 0 aliphatic carbocycles. The molecule has 0 spiro atoms. The van der Waals surface area contributed by atoms with Crippen LogP contribution in [0.25, 0.3) is 6.08 Å². The summed E-state index contributed by atoms with van der Waals surface area (Å²) in [6.07, 6.45) is 2.23. The van der Waals surface area contributed by atoms with Crippen LogP contribution in [0.1, 0.15) is 15.9 Å². The van der Waals surface area contributed by atoms with E-state index < -0.39 is 34.8 Å². The molecule has 2 aromatic rings. The van der Waals surface area contributed by atoms with Crippen molar-refractivity contribution in [1.29, 1.82) is 0 Å². The summed E-state index contributed by atoms with van der Waals surface area (Å²) in [6, 6.07) is 8.40. The van der Waals surface area contributed by atoms with E-state index in [4.69, 9.17) is 4.74 Å². The SMILES string of the molecule is O=C(/C=C/c1ccc(OC(F)F)cc1OC(F)F)c1ccc(S(=O)(=O)N2CCOCC2)cc1. The fourth-order valence-corrected chi connectivity index (χ4v) is 4.42. The first-order chi connectivity index (χ1) is 15.7. The molecule has 7 nitrogen and oxygen atoms in total. The second-order valence-electron chi connectivity index (χ2n) is 6.70. The molecule has 1 aliphatic heterocycles. The third kappa shape index (κ3) is 6.53. The van der Waals surface area contributed by atoms with E-state index in [2.05, 4.69) is 9.47 Å². The number of nitrogens with zero attached hydrogens (tertiary/aromatic N) is 1. The van der Waals surface area contributed by atoms with E-state index >= 15 is 0 Å². The first-order valence-corrected chi connectivity index (χ1v) is 11.0. The molecule has 12 heteroatoms. The number of morpholine rings is 1. The molecule has 0 unspecified atom stereocenters. The molecule has 0 radical (unpaired) electrons. The van der Waals surface area contributed by atoms with Gasteiger partial charge in [0, 0.05) is 30.3 Å². The molecule has 0 amide bonds. The van der Waals surface area contributed by atoms with Gasteiger partial charge in [-0.1, -0.05) is 0 Å². The fraction of sp³-hybridized carbons (Fsp3) is 0.286. The van der Waals surface area contributed by atoms with E-state index in [-0.39, 0.29) is 34.9 Å². The number of carbonyl (C=O) groups excluding carboxylic acids is 1. The van der Waals surface area contributed by atoms with Crippen LogP contribution in [0.15, 0.2) is 53.4 Å². The number of rotatable bonds is 9. The lowest BCUT2D eigenvalue weighted by Crippen LogP contribution is -2.40. The van der Waals surface area contributed by atoms with Gasteiger partial charge in [0.25, 0.3) is 0 Å². The van der Waals surface area contributed by atoms with E-state index in [1.54, 1.807) is 0 Å². The van der Waals surface area contributed by atoms with Crippen LogP contribution in [0.2, 0.25) is 0 Å². The zero-order valence-electron chi connectivity index (χ0n) is 17.0. The van der Waals surface area contributed by atoms with Gasteiger partial charge in [-0.05, 0) is 48.6 Å². The molecule has 0 N–H and O–H groups in total. The van der Waals surface area contributed by atoms with Crippen molar-refractivity contribution >= 4 is 21.9 Å². The Bertz CT molecular complexity index is 1100. The van der Waals surface area contributed by atoms with Crippen LogP contribution < -0.4 is 9.47 Å². The zero-order valence-corrected chi connectivity index (χ0v) is 17.8. The lowest BCUT2D eigenvalue weighted by atomic mass is 10.1. The predicted octanol–water partition coefficient (Wildman–Crippen LogP) is 3.81. The highest BCUT2D eigenvalue weighted by atomic mass is 32.2. The predicted molar refractivity (Wildman–Crippen MR) is 109 cm³/mol. The number of benzene rings is 2. The van der Waals surface area contributed by atoms with E-state index in [0.717, 1.165) is 18.2 Å². The quantitative estimate of drug-likeness (QED) is 0.303. The normalized spacial score (nSPS) is 15.3. The van der Waals surface area contributed by atoms with E-state index in [0.29, 0.717) is 13.2 Å². The maximum absolute atomic E-state index is 12.7. The van der Waals surface area contributed by atoms with Crippen molar-refractivity contribution in [3.8, 4) is 11.5 Å². The summed E-state index contributed by atoms with van der Waals surface area (Å²) < 4.78 is 90.2. The number of carbonyl (C=O) groups is 1. The highest BCUT2D eigenvalue weighted by Gasteiger charge is 2.26. The summed E-state index contributed by atoms with van der Waals surface area (Å²) in [5.41, 5.74) is 0.179. The average molecular weight is 489 g/mol. The van der Waals surface area contributed by atoms with Crippen LogP contribution in [0.4, 0.5) is 17.6 Å². The van der Waals surface area contributed by atoms with Crippen molar-refractivity contribution in [2.24, 2.45) is 0 Å². The molecule has 1 aliphatic rings. The molecule has 178 valence electrons. The Morgan fingerprint density at radius 3 is 2.21 bits per heavy atom. The molecule has 2 aromatic carbocycles.